The molecule has 2 N–H and O–H groups in total. The molecule has 0 bridgehead atoms. The van der Waals surface area contributed by atoms with Crippen LogP contribution in [0.2, 0.25) is 0 Å². The predicted molar refractivity (Wildman–Crippen MR) is 78.0 cm³/mol. The molecule has 19 heavy (non-hydrogen) atoms. The summed E-state index contributed by atoms with van der Waals surface area (Å²) in [6, 6.07) is 0.0737. The molecule has 1 amide bonds. The second kappa shape index (κ2) is 7.85. The number of likely N-dealkylation sites (N-methyl/N-ethyl adjacent to an activating group) is 1. The van der Waals surface area contributed by atoms with Gasteiger partial charge in [-0.3, -0.25) is 9.69 Å². The van der Waals surface area contributed by atoms with Crippen molar-refractivity contribution in [2.75, 3.05) is 26.2 Å². The Morgan fingerprint density at radius 3 is 2.79 bits per heavy atom. The Labute approximate surface area is 117 Å². The second-order valence-electron chi connectivity index (χ2n) is 6.36. The number of likely N-dealkylation sites (tertiary alicyclic amines) is 1. The maximum Gasteiger partial charge on any atom is 0.237 e. The number of carbonyl (C=O) groups excluding carboxylic acids is 1. The summed E-state index contributed by atoms with van der Waals surface area (Å²) in [6.45, 7) is 9.14. The molecule has 0 saturated carbocycles. The summed E-state index contributed by atoms with van der Waals surface area (Å²) in [5, 5.41) is 12.2. The molecule has 1 heterocycles. The SMILES string of the molecule is CCN1CCCCC1C(=O)NCCCC(C)(C)CO. The average molecular weight is 270 g/mol. The number of rotatable bonds is 7. The molecule has 0 radical (unpaired) electrons. The Hall–Kier alpha value is -0.610. The van der Waals surface area contributed by atoms with Gasteiger partial charge in [-0.05, 0) is 44.2 Å². The van der Waals surface area contributed by atoms with Crippen LogP contribution in [0.15, 0.2) is 0 Å². The zero-order valence-electron chi connectivity index (χ0n) is 12.7. The van der Waals surface area contributed by atoms with E-state index in [9.17, 15) is 9.90 Å². The molecule has 4 nitrogen and oxygen atoms in total. The number of nitrogens with zero attached hydrogens (tertiary/aromatic N) is 1. The van der Waals surface area contributed by atoms with E-state index >= 15 is 0 Å². The summed E-state index contributed by atoms with van der Waals surface area (Å²) in [6.07, 6.45) is 5.22. The molecule has 1 unspecified atom stereocenters. The van der Waals surface area contributed by atoms with E-state index in [1.54, 1.807) is 0 Å². The van der Waals surface area contributed by atoms with E-state index in [2.05, 4.69) is 31.0 Å². The van der Waals surface area contributed by atoms with Crippen molar-refractivity contribution in [2.24, 2.45) is 5.41 Å². The molecule has 0 spiro atoms. The van der Waals surface area contributed by atoms with Gasteiger partial charge < -0.3 is 10.4 Å². The van der Waals surface area contributed by atoms with Crippen LogP contribution in [0.4, 0.5) is 0 Å². The smallest absolute Gasteiger partial charge is 0.237 e. The zero-order valence-corrected chi connectivity index (χ0v) is 12.7. The first-order valence-electron chi connectivity index (χ1n) is 7.63. The quantitative estimate of drug-likeness (QED) is 0.693. The zero-order chi connectivity index (χ0) is 14.3. The molecular weight excluding hydrogens is 240 g/mol. The molecule has 1 fully saturated rings. The minimum absolute atomic E-state index is 0.0367. The number of hydrogen-bond donors (Lipinski definition) is 2. The van der Waals surface area contributed by atoms with Crippen molar-refractivity contribution in [3.63, 3.8) is 0 Å². The van der Waals surface area contributed by atoms with E-state index in [1.165, 1.54) is 6.42 Å². The van der Waals surface area contributed by atoms with Crippen LogP contribution in [-0.4, -0.2) is 48.2 Å². The number of amides is 1. The van der Waals surface area contributed by atoms with Crippen LogP contribution in [0, 0.1) is 5.41 Å². The lowest BCUT2D eigenvalue weighted by Crippen LogP contribution is -2.49. The Morgan fingerprint density at radius 1 is 1.42 bits per heavy atom. The molecular formula is C15H30N2O2. The minimum atomic E-state index is -0.0367. The lowest BCUT2D eigenvalue weighted by molar-refractivity contribution is -0.127. The van der Waals surface area contributed by atoms with E-state index < -0.39 is 0 Å². The molecule has 1 atom stereocenters. The van der Waals surface area contributed by atoms with Crippen molar-refractivity contribution in [3.8, 4) is 0 Å². The van der Waals surface area contributed by atoms with Gasteiger partial charge in [0, 0.05) is 13.2 Å². The van der Waals surface area contributed by atoms with Crippen LogP contribution in [0.3, 0.4) is 0 Å². The first-order valence-corrected chi connectivity index (χ1v) is 7.63. The molecule has 1 aliphatic rings. The third-order valence-corrected chi connectivity index (χ3v) is 4.08. The van der Waals surface area contributed by atoms with Gasteiger partial charge in [-0.2, -0.15) is 0 Å². The van der Waals surface area contributed by atoms with Gasteiger partial charge in [0.15, 0.2) is 0 Å². The minimum Gasteiger partial charge on any atom is -0.396 e. The predicted octanol–water partition coefficient (Wildman–Crippen LogP) is 1.78. The second-order valence-corrected chi connectivity index (χ2v) is 6.36. The highest BCUT2D eigenvalue weighted by molar-refractivity contribution is 5.81. The summed E-state index contributed by atoms with van der Waals surface area (Å²) in [5.41, 5.74) is -0.0367. The standard InChI is InChI=1S/C15H30N2O2/c1-4-17-11-6-5-8-13(17)14(19)16-10-7-9-15(2,3)12-18/h13,18H,4-12H2,1-3H3,(H,16,19). The first kappa shape index (κ1) is 16.4. The lowest BCUT2D eigenvalue weighted by Gasteiger charge is -2.33. The number of carbonyl (C=O) groups is 1. The van der Waals surface area contributed by atoms with Gasteiger partial charge in [0.25, 0.3) is 0 Å². The van der Waals surface area contributed by atoms with Crippen LogP contribution in [-0.2, 0) is 4.79 Å². The molecule has 1 saturated heterocycles. The molecule has 0 aromatic carbocycles. The van der Waals surface area contributed by atoms with Crippen LogP contribution in [0.5, 0.6) is 0 Å². The fourth-order valence-corrected chi connectivity index (χ4v) is 2.64. The van der Waals surface area contributed by atoms with E-state index in [4.69, 9.17) is 0 Å². The van der Waals surface area contributed by atoms with Gasteiger partial charge in [-0.15, -0.1) is 0 Å². The van der Waals surface area contributed by atoms with E-state index in [-0.39, 0.29) is 24.0 Å². The Balaban J connectivity index is 2.26. The number of piperidine rings is 1. The average Bonchev–Trinajstić information content (AvgIpc) is 2.43. The topological polar surface area (TPSA) is 52.6 Å². The van der Waals surface area contributed by atoms with Crippen molar-refractivity contribution in [3.05, 3.63) is 0 Å². The normalized spacial score (nSPS) is 21.4. The fraction of sp³-hybridized carbons (Fsp3) is 0.933. The molecule has 0 aliphatic carbocycles. The Bertz CT molecular complexity index is 279. The molecule has 4 heteroatoms. The van der Waals surface area contributed by atoms with Crippen molar-refractivity contribution in [1.29, 1.82) is 0 Å². The summed E-state index contributed by atoms with van der Waals surface area (Å²) in [5.74, 6) is 0.184. The summed E-state index contributed by atoms with van der Waals surface area (Å²) < 4.78 is 0. The highest BCUT2D eigenvalue weighted by Crippen LogP contribution is 2.20. The van der Waals surface area contributed by atoms with Crippen molar-refractivity contribution in [2.45, 2.75) is 58.9 Å². The highest BCUT2D eigenvalue weighted by Gasteiger charge is 2.27. The summed E-state index contributed by atoms with van der Waals surface area (Å²) in [7, 11) is 0. The molecule has 1 rings (SSSR count). The monoisotopic (exact) mass is 270 g/mol. The van der Waals surface area contributed by atoms with Crippen molar-refractivity contribution in [1.82, 2.24) is 10.2 Å². The number of nitrogens with one attached hydrogen (secondary N) is 1. The highest BCUT2D eigenvalue weighted by atomic mass is 16.3. The van der Waals surface area contributed by atoms with Crippen molar-refractivity contribution >= 4 is 5.91 Å². The van der Waals surface area contributed by atoms with Gasteiger partial charge in [0.1, 0.15) is 0 Å². The molecule has 0 aromatic heterocycles. The summed E-state index contributed by atoms with van der Waals surface area (Å²) >= 11 is 0. The van der Waals surface area contributed by atoms with E-state index in [1.807, 2.05) is 0 Å². The number of aliphatic hydroxyl groups excluding tert-OH is 1. The van der Waals surface area contributed by atoms with Gasteiger partial charge in [0.2, 0.25) is 5.91 Å². The number of hydrogen-bond acceptors (Lipinski definition) is 3. The van der Waals surface area contributed by atoms with Gasteiger partial charge in [0.05, 0.1) is 6.04 Å². The van der Waals surface area contributed by atoms with Crippen LogP contribution < -0.4 is 5.32 Å². The fourth-order valence-electron chi connectivity index (χ4n) is 2.64. The van der Waals surface area contributed by atoms with E-state index in [0.29, 0.717) is 0 Å². The molecule has 0 aromatic rings. The van der Waals surface area contributed by atoms with Gasteiger partial charge in [-0.25, -0.2) is 0 Å². The maximum atomic E-state index is 12.2. The van der Waals surface area contributed by atoms with Gasteiger partial charge in [-0.1, -0.05) is 27.2 Å². The third-order valence-electron chi connectivity index (χ3n) is 4.08. The number of aliphatic hydroxyl groups is 1. The van der Waals surface area contributed by atoms with Crippen LogP contribution >= 0.6 is 0 Å². The molecule has 1 aliphatic heterocycles. The van der Waals surface area contributed by atoms with Crippen LogP contribution in [0.25, 0.3) is 0 Å². The Morgan fingerprint density at radius 2 is 2.16 bits per heavy atom. The van der Waals surface area contributed by atoms with Crippen molar-refractivity contribution < 1.29 is 9.90 Å². The first-order chi connectivity index (χ1) is 9.00. The lowest BCUT2D eigenvalue weighted by atomic mass is 9.89. The largest absolute Gasteiger partial charge is 0.396 e. The van der Waals surface area contributed by atoms with E-state index in [0.717, 1.165) is 45.3 Å². The summed E-state index contributed by atoms with van der Waals surface area (Å²) in [4.78, 5) is 14.4. The Kier molecular flexibility index (Phi) is 6.80. The molecule has 112 valence electrons. The third kappa shape index (κ3) is 5.49. The van der Waals surface area contributed by atoms with Gasteiger partial charge >= 0.3 is 0 Å². The maximum absolute atomic E-state index is 12.2. The van der Waals surface area contributed by atoms with Crippen LogP contribution in [0.1, 0.15) is 52.9 Å².